The largest absolute Gasteiger partial charge is 0.441 e. The SMILES string of the molecule is Cc1oc(-c2ccsc2)nc1CC(=O)NC(C)(CN)CC(C)C. The second-order valence-electron chi connectivity index (χ2n) is 6.62. The summed E-state index contributed by atoms with van der Waals surface area (Å²) in [6, 6.07) is 1.95. The Balaban J connectivity index is 2.05. The molecule has 0 aliphatic carbocycles. The number of aryl methyl sites for hydroxylation is 1. The van der Waals surface area contributed by atoms with Crippen molar-refractivity contribution in [2.75, 3.05) is 6.54 Å². The molecule has 0 radical (unpaired) electrons. The van der Waals surface area contributed by atoms with E-state index in [1.807, 2.05) is 30.7 Å². The Hall–Kier alpha value is -1.66. The fourth-order valence-corrected chi connectivity index (χ4v) is 3.35. The van der Waals surface area contributed by atoms with E-state index >= 15 is 0 Å². The van der Waals surface area contributed by atoms with Gasteiger partial charge in [-0.25, -0.2) is 4.98 Å². The Bertz CT molecular complexity index is 649. The lowest BCUT2D eigenvalue weighted by atomic mass is 9.90. The van der Waals surface area contributed by atoms with Crippen molar-refractivity contribution in [1.29, 1.82) is 0 Å². The maximum atomic E-state index is 12.4. The number of nitrogens with two attached hydrogens (primary N) is 1. The topological polar surface area (TPSA) is 81.2 Å². The molecule has 0 aliphatic heterocycles. The lowest BCUT2D eigenvalue weighted by Gasteiger charge is -2.31. The molecule has 23 heavy (non-hydrogen) atoms. The van der Waals surface area contributed by atoms with Crippen molar-refractivity contribution in [2.24, 2.45) is 11.7 Å². The molecule has 2 heterocycles. The zero-order valence-corrected chi connectivity index (χ0v) is 15.0. The maximum Gasteiger partial charge on any atom is 0.227 e. The summed E-state index contributed by atoms with van der Waals surface area (Å²) in [5.41, 5.74) is 7.07. The van der Waals surface area contributed by atoms with E-state index in [1.165, 1.54) is 0 Å². The van der Waals surface area contributed by atoms with Gasteiger partial charge in [-0.2, -0.15) is 11.3 Å². The quantitative estimate of drug-likeness (QED) is 0.814. The molecule has 2 aromatic rings. The molecule has 0 bridgehead atoms. The summed E-state index contributed by atoms with van der Waals surface area (Å²) in [5.74, 6) is 1.63. The van der Waals surface area contributed by atoms with Gasteiger partial charge >= 0.3 is 0 Å². The monoisotopic (exact) mass is 335 g/mol. The minimum atomic E-state index is -0.390. The molecule has 2 aromatic heterocycles. The van der Waals surface area contributed by atoms with Crippen LogP contribution in [0.1, 0.15) is 38.6 Å². The Morgan fingerprint density at radius 2 is 2.26 bits per heavy atom. The van der Waals surface area contributed by atoms with E-state index in [0.717, 1.165) is 12.0 Å². The van der Waals surface area contributed by atoms with Gasteiger partial charge in [-0.15, -0.1) is 0 Å². The van der Waals surface area contributed by atoms with Crippen LogP contribution in [0.4, 0.5) is 0 Å². The standard InChI is InChI=1S/C17H25N3O2S/c1-11(2)8-17(4,10-18)20-15(21)7-14-12(3)22-16(19-14)13-5-6-23-9-13/h5-6,9,11H,7-8,10,18H2,1-4H3,(H,20,21). The van der Waals surface area contributed by atoms with Crippen LogP contribution >= 0.6 is 11.3 Å². The van der Waals surface area contributed by atoms with Crippen LogP contribution in [0.3, 0.4) is 0 Å². The van der Waals surface area contributed by atoms with Crippen molar-refractivity contribution in [2.45, 2.75) is 46.1 Å². The van der Waals surface area contributed by atoms with Crippen molar-refractivity contribution >= 4 is 17.2 Å². The fourth-order valence-electron chi connectivity index (χ4n) is 2.72. The molecule has 6 heteroatoms. The number of carbonyl (C=O) groups excluding carboxylic acids is 1. The second-order valence-corrected chi connectivity index (χ2v) is 7.40. The summed E-state index contributed by atoms with van der Waals surface area (Å²) in [7, 11) is 0. The third-order valence-corrected chi connectivity index (χ3v) is 4.42. The Labute approximate surface area is 141 Å². The average molecular weight is 335 g/mol. The minimum Gasteiger partial charge on any atom is -0.441 e. The van der Waals surface area contributed by atoms with Gasteiger partial charge in [-0.05, 0) is 37.6 Å². The van der Waals surface area contributed by atoms with Gasteiger partial charge in [0, 0.05) is 23.0 Å². The minimum absolute atomic E-state index is 0.0770. The number of thiophene rings is 1. The van der Waals surface area contributed by atoms with E-state index in [0.29, 0.717) is 29.8 Å². The molecule has 2 rings (SSSR count). The summed E-state index contributed by atoms with van der Waals surface area (Å²) in [5, 5.41) is 7.00. The fraction of sp³-hybridized carbons (Fsp3) is 0.529. The van der Waals surface area contributed by atoms with Crippen LogP contribution in [0, 0.1) is 12.8 Å². The van der Waals surface area contributed by atoms with E-state index < -0.39 is 0 Å². The summed E-state index contributed by atoms with van der Waals surface area (Å²) >= 11 is 1.59. The van der Waals surface area contributed by atoms with E-state index in [2.05, 4.69) is 24.1 Å². The molecule has 0 spiro atoms. The highest BCUT2D eigenvalue weighted by molar-refractivity contribution is 7.08. The summed E-state index contributed by atoms with van der Waals surface area (Å²) in [6.07, 6.45) is 1.04. The molecular weight excluding hydrogens is 310 g/mol. The Kier molecular flexibility index (Phi) is 5.59. The smallest absolute Gasteiger partial charge is 0.227 e. The first-order chi connectivity index (χ1) is 10.8. The zero-order chi connectivity index (χ0) is 17.0. The third-order valence-electron chi connectivity index (χ3n) is 3.74. The first-order valence-electron chi connectivity index (χ1n) is 7.83. The van der Waals surface area contributed by atoms with E-state index in [4.69, 9.17) is 10.2 Å². The van der Waals surface area contributed by atoms with Crippen molar-refractivity contribution in [3.63, 3.8) is 0 Å². The molecular formula is C17H25N3O2S. The van der Waals surface area contributed by atoms with Gasteiger partial charge in [-0.3, -0.25) is 4.79 Å². The van der Waals surface area contributed by atoms with Crippen molar-refractivity contribution in [1.82, 2.24) is 10.3 Å². The third kappa shape index (κ3) is 4.65. The molecule has 1 amide bonds. The van der Waals surface area contributed by atoms with Crippen LogP contribution in [-0.2, 0) is 11.2 Å². The summed E-state index contributed by atoms with van der Waals surface area (Å²) in [6.45, 7) is 8.47. The molecule has 5 nitrogen and oxygen atoms in total. The van der Waals surface area contributed by atoms with Crippen LogP contribution in [0.2, 0.25) is 0 Å². The van der Waals surface area contributed by atoms with Crippen LogP contribution < -0.4 is 11.1 Å². The summed E-state index contributed by atoms with van der Waals surface area (Å²) in [4.78, 5) is 16.8. The van der Waals surface area contributed by atoms with Gasteiger partial charge in [0.2, 0.25) is 11.8 Å². The van der Waals surface area contributed by atoms with Crippen LogP contribution in [-0.4, -0.2) is 23.0 Å². The van der Waals surface area contributed by atoms with Crippen molar-refractivity contribution in [3.8, 4) is 11.5 Å². The van der Waals surface area contributed by atoms with Gasteiger partial charge in [0.25, 0.3) is 0 Å². The number of hydrogen-bond acceptors (Lipinski definition) is 5. The second kappa shape index (κ2) is 7.27. The van der Waals surface area contributed by atoms with Gasteiger partial charge in [0.15, 0.2) is 0 Å². The van der Waals surface area contributed by atoms with Crippen molar-refractivity contribution in [3.05, 3.63) is 28.3 Å². The normalized spacial score (nSPS) is 14.0. The van der Waals surface area contributed by atoms with Gasteiger partial charge in [0.05, 0.1) is 12.1 Å². The molecule has 0 saturated heterocycles. The zero-order valence-electron chi connectivity index (χ0n) is 14.2. The number of rotatable bonds is 7. The highest BCUT2D eigenvalue weighted by atomic mass is 32.1. The molecule has 3 N–H and O–H groups in total. The van der Waals surface area contributed by atoms with E-state index in [9.17, 15) is 4.79 Å². The Morgan fingerprint density at radius 1 is 1.52 bits per heavy atom. The predicted octanol–water partition coefficient (Wildman–Crippen LogP) is 3.13. The summed E-state index contributed by atoms with van der Waals surface area (Å²) < 4.78 is 5.67. The number of oxazole rings is 1. The molecule has 0 saturated carbocycles. The highest BCUT2D eigenvalue weighted by Crippen LogP contribution is 2.24. The van der Waals surface area contributed by atoms with Crippen LogP contribution in [0.5, 0.6) is 0 Å². The van der Waals surface area contributed by atoms with Crippen LogP contribution in [0.15, 0.2) is 21.2 Å². The Morgan fingerprint density at radius 3 is 2.83 bits per heavy atom. The maximum absolute atomic E-state index is 12.4. The van der Waals surface area contributed by atoms with Gasteiger partial charge < -0.3 is 15.5 Å². The molecule has 0 aliphatic rings. The number of nitrogens with zero attached hydrogens (tertiary/aromatic N) is 1. The van der Waals surface area contributed by atoms with E-state index in [-0.39, 0.29) is 17.9 Å². The lowest BCUT2D eigenvalue weighted by Crippen LogP contribution is -2.52. The number of carbonyl (C=O) groups is 1. The number of aromatic nitrogens is 1. The lowest BCUT2D eigenvalue weighted by molar-refractivity contribution is -0.122. The predicted molar refractivity (Wildman–Crippen MR) is 93.3 cm³/mol. The number of amides is 1. The molecule has 0 aromatic carbocycles. The number of nitrogens with one attached hydrogen (secondary N) is 1. The van der Waals surface area contributed by atoms with Crippen molar-refractivity contribution < 1.29 is 9.21 Å². The van der Waals surface area contributed by atoms with Crippen LogP contribution in [0.25, 0.3) is 11.5 Å². The molecule has 126 valence electrons. The molecule has 1 unspecified atom stereocenters. The van der Waals surface area contributed by atoms with Gasteiger partial charge in [-0.1, -0.05) is 13.8 Å². The van der Waals surface area contributed by atoms with E-state index in [1.54, 1.807) is 11.3 Å². The number of hydrogen-bond donors (Lipinski definition) is 2. The first-order valence-corrected chi connectivity index (χ1v) is 8.77. The first kappa shape index (κ1) is 17.7. The average Bonchev–Trinajstić information content (AvgIpc) is 3.08. The molecule has 1 atom stereocenters. The highest BCUT2D eigenvalue weighted by Gasteiger charge is 2.26. The molecule has 0 fully saturated rings. The van der Waals surface area contributed by atoms with Gasteiger partial charge in [0.1, 0.15) is 5.76 Å².